The molecule has 1 aliphatic rings. The number of carbonyl (C=O) groups is 1. The third-order valence-electron chi connectivity index (χ3n) is 3.33. The lowest BCUT2D eigenvalue weighted by Gasteiger charge is -2.09. The summed E-state index contributed by atoms with van der Waals surface area (Å²) in [5.41, 5.74) is 9.61. The smallest absolute Gasteiger partial charge is 0.245 e. The molecule has 0 spiro atoms. The van der Waals surface area contributed by atoms with Gasteiger partial charge in [0.1, 0.15) is 17.5 Å². The van der Waals surface area contributed by atoms with E-state index >= 15 is 0 Å². The molecule has 3 N–H and O–H groups in total. The monoisotopic (exact) mass is 268 g/mol. The maximum Gasteiger partial charge on any atom is 0.245 e. The minimum Gasteiger partial charge on any atom is -0.457 e. The van der Waals surface area contributed by atoms with Crippen LogP contribution in [0.1, 0.15) is 22.7 Å². The van der Waals surface area contributed by atoms with Crippen molar-refractivity contribution in [2.75, 3.05) is 5.32 Å². The van der Waals surface area contributed by atoms with Crippen LogP contribution in [-0.2, 0) is 4.79 Å². The molecule has 102 valence electrons. The zero-order valence-electron chi connectivity index (χ0n) is 11.4. The SMILES string of the molecule is Cc1cc(C)cc(Oc2ccc3c(c2)NC(=O)C3N)c1. The number of nitrogens with two attached hydrogens (primary N) is 1. The van der Waals surface area contributed by atoms with E-state index < -0.39 is 6.04 Å². The number of hydrogen-bond donors (Lipinski definition) is 2. The van der Waals surface area contributed by atoms with E-state index in [4.69, 9.17) is 10.5 Å². The van der Waals surface area contributed by atoms with Crippen molar-refractivity contribution in [3.05, 3.63) is 53.1 Å². The molecule has 0 saturated carbocycles. The van der Waals surface area contributed by atoms with Crippen LogP contribution in [0.2, 0.25) is 0 Å². The standard InChI is InChI=1S/C16H16N2O2/c1-9-5-10(2)7-12(6-9)20-11-3-4-13-14(8-11)18-16(19)15(13)17/h3-8,15H,17H2,1-2H3,(H,18,19). The lowest BCUT2D eigenvalue weighted by atomic mass is 10.1. The number of carbonyl (C=O) groups excluding carboxylic acids is 1. The summed E-state index contributed by atoms with van der Waals surface area (Å²) in [6.45, 7) is 4.06. The summed E-state index contributed by atoms with van der Waals surface area (Å²) in [5, 5.41) is 2.75. The van der Waals surface area contributed by atoms with Gasteiger partial charge in [0.25, 0.3) is 0 Å². The number of fused-ring (bicyclic) bond motifs is 1. The second kappa shape index (κ2) is 4.65. The zero-order chi connectivity index (χ0) is 14.3. The van der Waals surface area contributed by atoms with Crippen molar-refractivity contribution in [2.24, 2.45) is 5.73 Å². The molecule has 0 aromatic heterocycles. The van der Waals surface area contributed by atoms with E-state index in [0.717, 1.165) is 28.1 Å². The van der Waals surface area contributed by atoms with Crippen LogP contribution in [0.25, 0.3) is 0 Å². The average molecular weight is 268 g/mol. The predicted octanol–water partition coefficient (Wildman–Crippen LogP) is 3.05. The van der Waals surface area contributed by atoms with Crippen molar-refractivity contribution < 1.29 is 9.53 Å². The Kier molecular flexibility index (Phi) is 2.95. The van der Waals surface area contributed by atoms with Gasteiger partial charge in [-0.2, -0.15) is 0 Å². The molecular weight excluding hydrogens is 252 g/mol. The lowest BCUT2D eigenvalue weighted by Crippen LogP contribution is -2.19. The highest BCUT2D eigenvalue weighted by Crippen LogP contribution is 2.34. The molecule has 0 saturated heterocycles. The minimum atomic E-state index is -0.583. The number of nitrogens with one attached hydrogen (secondary N) is 1. The van der Waals surface area contributed by atoms with Gasteiger partial charge in [-0.1, -0.05) is 12.1 Å². The molecule has 1 amide bonds. The van der Waals surface area contributed by atoms with Gasteiger partial charge in [0.05, 0.1) is 0 Å². The van der Waals surface area contributed by atoms with E-state index in [1.807, 2.05) is 38.1 Å². The lowest BCUT2D eigenvalue weighted by molar-refractivity contribution is -0.116. The fourth-order valence-electron chi connectivity index (χ4n) is 2.46. The number of benzene rings is 2. The largest absolute Gasteiger partial charge is 0.457 e. The van der Waals surface area contributed by atoms with Gasteiger partial charge in [0.15, 0.2) is 0 Å². The highest BCUT2D eigenvalue weighted by Gasteiger charge is 2.27. The summed E-state index contributed by atoms with van der Waals surface area (Å²) >= 11 is 0. The molecule has 4 nitrogen and oxygen atoms in total. The van der Waals surface area contributed by atoms with Crippen LogP contribution in [0, 0.1) is 13.8 Å². The van der Waals surface area contributed by atoms with E-state index in [-0.39, 0.29) is 5.91 Å². The molecule has 1 aliphatic heterocycles. The molecule has 20 heavy (non-hydrogen) atoms. The van der Waals surface area contributed by atoms with Crippen molar-refractivity contribution >= 4 is 11.6 Å². The Morgan fingerprint density at radius 2 is 1.75 bits per heavy atom. The van der Waals surface area contributed by atoms with E-state index in [1.165, 1.54) is 0 Å². The second-order valence-electron chi connectivity index (χ2n) is 5.14. The summed E-state index contributed by atoms with van der Waals surface area (Å²) in [7, 11) is 0. The van der Waals surface area contributed by atoms with Crippen LogP contribution < -0.4 is 15.8 Å². The summed E-state index contributed by atoms with van der Waals surface area (Å²) in [6, 6.07) is 10.9. The highest BCUT2D eigenvalue weighted by molar-refractivity contribution is 6.02. The van der Waals surface area contributed by atoms with Gasteiger partial charge >= 0.3 is 0 Å². The third kappa shape index (κ3) is 2.26. The first-order valence-corrected chi connectivity index (χ1v) is 6.49. The quantitative estimate of drug-likeness (QED) is 0.879. The van der Waals surface area contributed by atoms with E-state index in [1.54, 1.807) is 6.07 Å². The Labute approximate surface area is 117 Å². The van der Waals surface area contributed by atoms with Crippen LogP contribution in [-0.4, -0.2) is 5.91 Å². The normalized spacial score (nSPS) is 16.8. The molecular formula is C16H16N2O2. The van der Waals surface area contributed by atoms with Crippen LogP contribution in [0.3, 0.4) is 0 Å². The Morgan fingerprint density at radius 3 is 2.45 bits per heavy atom. The van der Waals surface area contributed by atoms with E-state index in [0.29, 0.717) is 5.75 Å². The molecule has 1 heterocycles. The Balaban J connectivity index is 1.89. The molecule has 0 aliphatic carbocycles. The maximum absolute atomic E-state index is 11.5. The number of ether oxygens (including phenoxy) is 1. The zero-order valence-corrected chi connectivity index (χ0v) is 11.4. The molecule has 1 unspecified atom stereocenters. The Hall–Kier alpha value is -2.33. The molecule has 2 aromatic rings. The van der Waals surface area contributed by atoms with Crippen molar-refractivity contribution in [3.63, 3.8) is 0 Å². The third-order valence-corrected chi connectivity index (χ3v) is 3.33. The molecule has 4 heteroatoms. The predicted molar refractivity (Wildman–Crippen MR) is 78.0 cm³/mol. The van der Waals surface area contributed by atoms with Crippen LogP contribution in [0.4, 0.5) is 5.69 Å². The minimum absolute atomic E-state index is 0.177. The highest BCUT2D eigenvalue weighted by atomic mass is 16.5. The number of hydrogen-bond acceptors (Lipinski definition) is 3. The van der Waals surface area contributed by atoms with Gasteiger partial charge in [0.2, 0.25) is 5.91 Å². The van der Waals surface area contributed by atoms with Crippen molar-refractivity contribution in [3.8, 4) is 11.5 Å². The number of rotatable bonds is 2. The molecule has 3 rings (SSSR count). The summed E-state index contributed by atoms with van der Waals surface area (Å²) in [4.78, 5) is 11.5. The Bertz CT molecular complexity index is 675. The topological polar surface area (TPSA) is 64.3 Å². The molecule has 0 bridgehead atoms. The Morgan fingerprint density at radius 1 is 1.05 bits per heavy atom. The molecule has 0 radical (unpaired) electrons. The number of amides is 1. The summed E-state index contributed by atoms with van der Waals surface area (Å²) in [6.07, 6.45) is 0. The summed E-state index contributed by atoms with van der Waals surface area (Å²) < 4.78 is 5.84. The van der Waals surface area contributed by atoms with Crippen LogP contribution in [0.5, 0.6) is 11.5 Å². The van der Waals surface area contributed by atoms with Crippen molar-refractivity contribution in [1.29, 1.82) is 0 Å². The molecule has 0 fully saturated rings. The number of aryl methyl sites for hydroxylation is 2. The second-order valence-corrected chi connectivity index (χ2v) is 5.14. The van der Waals surface area contributed by atoms with E-state index in [9.17, 15) is 4.79 Å². The first-order valence-electron chi connectivity index (χ1n) is 6.49. The first-order chi connectivity index (χ1) is 9.52. The van der Waals surface area contributed by atoms with Gasteiger partial charge < -0.3 is 15.8 Å². The van der Waals surface area contributed by atoms with Crippen molar-refractivity contribution in [1.82, 2.24) is 0 Å². The fourth-order valence-corrected chi connectivity index (χ4v) is 2.46. The maximum atomic E-state index is 11.5. The fraction of sp³-hybridized carbons (Fsp3) is 0.188. The molecule has 2 aromatic carbocycles. The van der Waals surface area contributed by atoms with Crippen LogP contribution >= 0.6 is 0 Å². The van der Waals surface area contributed by atoms with Gasteiger partial charge in [-0.25, -0.2) is 0 Å². The van der Waals surface area contributed by atoms with Crippen LogP contribution in [0.15, 0.2) is 36.4 Å². The number of anilines is 1. The average Bonchev–Trinajstić information content (AvgIpc) is 2.63. The van der Waals surface area contributed by atoms with Gasteiger partial charge in [-0.3, -0.25) is 4.79 Å². The summed E-state index contributed by atoms with van der Waals surface area (Å²) in [5.74, 6) is 1.29. The van der Waals surface area contributed by atoms with E-state index in [2.05, 4.69) is 11.4 Å². The van der Waals surface area contributed by atoms with Gasteiger partial charge in [0, 0.05) is 17.3 Å². The van der Waals surface area contributed by atoms with Crippen molar-refractivity contribution in [2.45, 2.75) is 19.9 Å². The van der Waals surface area contributed by atoms with Gasteiger partial charge in [-0.05, 0) is 43.2 Å². The first kappa shape index (κ1) is 12.7. The molecule has 1 atom stereocenters. The van der Waals surface area contributed by atoms with Gasteiger partial charge in [-0.15, -0.1) is 0 Å².